The SMILES string of the molecule is CCOC(=O)C1=C(C)NC(C)=C(C(=O)OC)[C@H]1c1ccc(OC)c(OC)c1. The Hall–Kier alpha value is -2.96. The van der Waals surface area contributed by atoms with Gasteiger partial charge >= 0.3 is 11.9 Å². The Kier molecular flexibility index (Phi) is 6.50. The zero-order valence-electron chi connectivity index (χ0n) is 16.5. The molecule has 1 atom stereocenters. The quantitative estimate of drug-likeness (QED) is 0.765. The average molecular weight is 375 g/mol. The van der Waals surface area contributed by atoms with Gasteiger partial charge in [-0.1, -0.05) is 6.07 Å². The third-order valence-corrected chi connectivity index (χ3v) is 4.40. The minimum Gasteiger partial charge on any atom is -0.493 e. The summed E-state index contributed by atoms with van der Waals surface area (Å²) in [6.45, 7) is 5.51. The maximum absolute atomic E-state index is 12.7. The lowest BCUT2D eigenvalue weighted by Gasteiger charge is -2.30. The second-order valence-electron chi connectivity index (χ2n) is 5.96. The molecule has 0 amide bonds. The molecule has 1 heterocycles. The Bertz CT molecular complexity index is 809. The molecule has 1 aromatic rings. The Balaban J connectivity index is 2.70. The van der Waals surface area contributed by atoms with Crippen LogP contribution in [0.25, 0.3) is 0 Å². The molecule has 146 valence electrons. The molecule has 0 fully saturated rings. The van der Waals surface area contributed by atoms with Crippen LogP contribution in [0, 0.1) is 0 Å². The summed E-state index contributed by atoms with van der Waals surface area (Å²) in [7, 11) is 4.38. The second kappa shape index (κ2) is 8.62. The van der Waals surface area contributed by atoms with Crippen molar-refractivity contribution in [3.8, 4) is 11.5 Å². The molecule has 1 aromatic carbocycles. The standard InChI is InChI=1S/C20H25NO6/c1-7-27-20(23)17-12(3)21-11(2)16(19(22)26-6)18(17)13-8-9-14(24-4)15(10-13)25-5/h8-10,18,21H,7H2,1-6H3/t18-/m1/s1. The first kappa shape index (κ1) is 20.4. The molecule has 1 aliphatic heterocycles. The van der Waals surface area contributed by atoms with Crippen molar-refractivity contribution in [1.29, 1.82) is 0 Å². The Morgan fingerprint density at radius 2 is 1.56 bits per heavy atom. The van der Waals surface area contributed by atoms with Crippen molar-refractivity contribution in [2.75, 3.05) is 27.9 Å². The number of hydrogen-bond donors (Lipinski definition) is 1. The summed E-state index contributed by atoms with van der Waals surface area (Å²) in [5.74, 6) is -0.618. The predicted octanol–water partition coefficient (Wildman–Crippen LogP) is 2.67. The van der Waals surface area contributed by atoms with Crippen LogP contribution in [-0.4, -0.2) is 39.9 Å². The van der Waals surface area contributed by atoms with Gasteiger partial charge in [0, 0.05) is 11.4 Å². The Morgan fingerprint density at radius 1 is 0.963 bits per heavy atom. The first-order valence-electron chi connectivity index (χ1n) is 8.55. The highest BCUT2D eigenvalue weighted by Gasteiger charge is 2.38. The number of allylic oxidation sites excluding steroid dienone is 2. The summed E-state index contributed by atoms with van der Waals surface area (Å²) in [5, 5.41) is 3.09. The van der Waals surface area contributed by atoms with Crippen molar-refractivity contribution in [2.45, 2.75) is 26.7 Å². The third-order valence-electron chi connectivity index (χ3n) is 4.40. The third kappa shape index (κ3) is 3.92. The molecule has 0 aliphatic carbocycles. The Morgan fingerprint density at radius 3 is 2.07 bits per heavy atom. The van der Waals surface area contributed by atoms with Gasteiger partial charge in [-0.15, -0.1) is 0 Å². The van der Waals surface area contributed by atoms with E-state index in [2.05, 4.69) is 5.32 Å². The van der Waals surface area contributed by atoms with Crippen molar-refractivity contribution in [3.63, 3.8) is 0 Å². The first-order valence-corrected chi connectivity index (χ1v) is 8.55. The molecule has 2 rings (SSSR count). The molecule has 0 radical (unpaired) electrons. The molecule has 0 saturated carbocycles. The number of methoxy groups -OCH3 is 3. The lowest BCUT2D eigenvalue weighted by Crippen LogP contribution is -2.32. The number of carbonyl (C=O) groups excluding carboxylic acids is 2. The van der Waals surface area contributed by atoms with Gasteiger partial charge in [-0.3, -0.25) is 0 Å². The van der Waals surface area contributed by atoms with E-state index >= 15 is 0 Å². The normalized spacial score (nSPS) is 16.6. The van der Waals surface area contributed by atoms with Gasteiger partial charge in [0.05, 0.1) is 45.0 Å². The van der Waals surface area contributed by atoms with E-state index in [0.29, 0.717) is 39.6 Å². The summed E-state index contributed by atoms with van der Waals surface area (Å²) in [5.41, 5.74) is 2.63. The fourth-order valence-electron chi connectivity index (χ4n) is 3.22. The van der Waals surface area contributed by atoms with Crippen LogP contribution < -0.4 is 14.8 Å². The lowest BCUT2D eigenvalue weighted by atomic mass is 9.80. The zero-order chi connectivity index (χ0) is 20.1. The van der Waals surface area contributed by atoms with E-state index in [-0.39, 0.29) is 6.61 Å². The van der Waals surface area contributed by atoms with Crippen LogP contribution in [0.5, 0.6) is 11.5 Å². The van der Waals surface area contributed by atoms with Gasteiger partial charge < -0.3 is 24.3 Å². The smallest absolute Gasteiger partial charge is 0.336 e. The molecule has 0 spiro atoms. The molecule has 1 aliphatic rings. The van der Waals surface area contributed by atoms with Gasteiger partial charge in [0.2, 0.25) is 0 Å². The second-order valence-corrected chi connectivity index (χ2v) is 5.96. The zero-order valence-corrected chi connectivity index (χ0v) is 16.5. The number of nitrogens with one attached hydrogen (secondary N) is 1. The average Bonchev–Trinajstić information content (AvgIpc) is 2.66. The van der Waals surface area contributed by atoms with Crippen molar-refractivity contribution in [1.82, 2.24) is 5.32 Å². The van der Waals surface area contributed by atoms with Crippen LogP contribution in [0.4, 0.5) is 0 Å². The minimum atomic E-state index is -0.655. The number of carbonyl (C=O) groups is 2. The van der Waals surface area contributed by atoms with Crippen LogP contribution in [0.1, 0.15) is 32.3 Å². The number of esters is 2. The van der Waals surface area contributed by atoms with Gasteiger partial charge in [-0.05, 0) is 38.5 Å². The summed E-state index contributed by atoms with van der Waals surface area (Å²) >= 11 is 0. The molecule has 0 unspecified atom stereocenters. The van der Waals surface area contributed by atoms with Crippen LogP contribution in [-0.2, 0) is 19.1 Å². The van der Waals surface area contributed by atoms with Gasteiger partial charge in [-0.25, -0.2) is 9.59 Å². The van der Waals surface area contributed by atoms with Gasteiger partial charge in [0.15, 0.2) is 11.5 Å². The maximum Gasteiger partial charge on any atom is 0.336 e. The van der Waals surface area contributed by atoms with Gasteiger partial charge in [-0.2, -0.15) is 0 Å². The van der Waals surface area contributed by atoms with Crippen LogP contribution in [0.3, 0.4) is 0 Å². The molecule has 27 heavy (non-hydrogen) atoms. The van der Waals surface area contributed by atoms with Gasteiger partial charge in [0.1, 0.15) is 0 Å². The molecule has 0 bridgehead atoms. The lowest BCUT2D eigenvalue weighted by molar-refractivity contribution is -0.139. The molecule has 0 saturated heterocycles. The minimum absolute atomic E-state index is 0.227. The highest BCUT2D eigenvalue weighted by molar-refractivity contribution is 5.99. The highest BCUT2D eigenvalue weighted by atomic mass is 16.5. The maximum atomic E-state index is 12.7. The van der Waals surface area contributed by atoms with E-state index in [1.54, 1.807) is 46.1 Å². The Labute approximate surface area is 158 Å². The number of rotatable bonds is 6. The van der Waals surface area contributed by atoms with E-state index in [1.165, 1.54) is 14.2 Å². The van der Waals surface area contributed by atoms with E-state index < -0.39 is 17.9 Å². The van der Waals surface area contributed by atoms with Crippen molar-refractivity contribution in [2.24, 2.45) is 0 Å². The summed E-state index contributed by atoms with van der Waals surface area (Å²) < 4.78 is 20.9. The predicted molar refractivity (Wildman–Crippen MR) is 99.5 cm³/mol. The number of hydrogen-bond acceptors (Lipinski definition) is 7. The van der Waals surface area contributed by atoms with Gasteiger partial charge in [0.25, 0.3) is 0 Å². The molecule has 0 aromatic heterocycles. The number of ether oxygens (including phenoxy) is 4. The molecular formula is C20H25NO6. The number of benzene rings is 1. The van der Waals surface area contributed by atoms with Crippen molar-refractivity contribution >= 4 is 11.9 Å². The van der Waals surface area contributed by atoms with E-state index in [1.807, 2.05) is 0 Å². The van der Waals surface area contributed by atoms with E-state index in [0.717, 1.165) is 0 Å². The molecule has 7 nitrogen and oxygen atoms in total. The van der Waals surface area contributed by atoms with Crippen LogP contribution in [0.15, 0.2) is 40.7 Å². The first-order chi connectivity index (χ1) is 12.9. The van der Waals surface area contributed by atoms with Crippen molar-refractivity contribution in [3.05, 3.63) is 46.3 Å². The van der Waals surface area contributed by atoms with E-state index in [9.17, 15) is 9.59 Å². The van der Waals surface area contributed by atoms with Crippen LogP contribution in [0.2, 0.25) is 0 Å². The van der Waals surface area contributed by atoms with Crippen LogP contribution >= 0.6 is 0 Å². The fourth-order valence-corrected chi connectivity index (χ4v) is 3.22. The highest BCUT2D eigenvalue weighted by Crippen LogP contribution is 2.41. The fraction of sp³-hybridized carbons (Fsp3) is 0.400. The van der Waals surface area contributed by atoms with E-state index in [4.69, 9.17) is 18.9 Å². The van der Waals surface area contributed by atoms with Crippen molar-refractivity contribution < 1.29 is 28.5 Å². The number of dihydropyridines is 1. The molecule has 7 heteroatoms. The topological polar surface area (TPSA) is 83.1 Å². The largest absolute Gasteiger partial charge is 0.493 e. The summed E-state index contributed by atoms with van der Waals surface area (Å²) in [6.07, 6.45) is 0. The summed E-state index contributed by atoms with van der Waals surface area (Å²) in [4.78, 5) is 25.2. The molecule has 1 N–H and O–H groups in total. The molecular weight excluding hydrogens is 350 g/mol. The monoisotopic (exact) mass is 375 g/mol. The summed E-state index contributed by atoms with van der Waals surface area (Å²) in [6, 6.07) is 5.27.